The molecule has 4 heteroatoms. The van der Waals surface area contributed by atoms with Gasteiger partial charge in [-0.3, -0.25) is 4.57 Å². The van der Waals surface area contributed by atoms with E-state index in [1.54, 1.807) is 6.20 Å². The molecule has 0 aliphatic rings. The fourth-order valence-corrected chi connectivity index (χ4v) is 2.00. The quantitative estimate of drug-likeness (QED) is 0.896. The molecule has 0 unspecified atom stereocenters. The average Bonchev–Trinajstić information content (AvgIpc) is 2.74. The first-order valence-electron chi connectivity index (χ1n) is 5.76. The van der Waals surface area contributed by atoms with Gasteiger partial charge in [0.1, 0.15) is 0 Å². The van der Waals surface area contributed by atoms with E-state index in [4.69, 9.17) is 11.6 Å². The third kappa shape index (κ3) is 2.61. The Morgan fingerprint density at radius 2 is 2.24 bits per heavy atom. The Bertz CT molecular complexity index is 505. The molecule has 1 aromatic carbocycles. The third-order valence-electron chi connectivity index (χ3n) is 2.54. The second kappa shape index (κ2) is 5.23. The Morgan fingerprint density at radius 1 is 1.41 bits per heavy atom. The van der Waals surface area contributed by atoms with Gasteiger partial charge in [0.2, 0.25) is 5.95 Å². The molecule has 1 N–H and O–H groups in total. The van der Waals surface area contributed by atoms with Crippen LogP contribution in [-0.4, -0.2) is 16.1 Å². The summed E-state index contributed by atoms with van der Waals surface area (Å²) in [4.78, 5) is 4.29. The molecule has 0 radical (unpaired) electrons. The standard InChI is InChI=1S/C13H16ClN3/c1-3-6-15-13-16-7-8-17(13)12-5-4-10(2)9-11(12)14/h4-5,7-9H,3,6H2,1-2H3,(H,15,16). The van der Waals surface area contributed by atoms with Gasteiger partial charge in [0.05, 0.1) is 10.7 Å². The Balaban J connectivity index is 2.35. The zero-order valence-electron chi connectivity index (χ0n) is 10.1. The molecule has 2 rings (SSSR count). The lowest BCUT2D eigenvalue weighted by molar-refractivity contribution is 0.937. The zero-order chi connectivity index (χ0) is 12.3. The van der Waals surface area contributed by atoms with Crippen molar-refractivity contribution < 1.29 is 0 Å². The second-order valence-electron chi connectivity index (χ2n) is 4.00. The van der Waals surface area contributed by atoms with Gasteiger partial charge in [0, 0.05) is 18.9 Å². The molecule has 1 aromatic heterocycles. The Morgan fingerprint density at radius 3 is 2.94 bits per heavy atom. The first-order chi connectivity index (χ1) is 8.22. The Kier molecular flexibility index (Phi) is 3.69. The van der Waals surface area contributed by atoms with E-state index in [9.17, 15) is 0 Å². The lowest BCUT2D eigenvalue weighted by Gasteiger charge is -2.11. The van der Waals surface area contributed by atoms with Crippen LogP contribution in [0.3, 0.4) is 0 Å². The van der Waals surface area contributed by atoms with Crippen LogP contribution in [0.15, 0.2) is 30.6 Å². The fraction of sp³-hybridized carbons (Fsp3) is 0.308. The molecule has 0 spiro atoms. The van der Waals surface area contributed by atoms with Crippen molar-refractivity contribution in [1.82, 2.24) is 9.55 Å². The number of nitrogens with one attached hydrogen (secondary N) is 1. The van der Waals surface area contributed by atoms with Crippen molar-refractivity contribution in [2.75, 3.05) is 11.9 Å². The van der Waals surface area contributed by atoms with Crippen LogP contribution in [0.1, 0.15) is 18.9 Å². The summed E-state index contributed by atoms with van der Waals surface area (Å²) in [6.07, 6.45) is 4.75. The number of imidazole rings is 1. The largest absolute Gasteiger partial charge is 0.355 e. The number of anilines is 1. The summed E-state index contributed by atoms with van der Waals surface area (Å²) in [5.74, 6) is 0.831. The van der Waals surface area contributed by atoms with Crippen LogP contribution in [0.4, 0.5) is 5.95 Å². The van der Waals surface area contributed by atoms with E-state index >= 15 is 0 Å². The van der Waals surface area contributed by atoms with Gasteiger partial charge in [-0.15, -0.1) is 0 Å². The summed E-state index contributed by atoms with van der Waals surface area (Å²) in [5, 5.41) is 4.01. The van der Waals surface area contributed by atoms with Crippen molar-refractivity contribution in [3.63, 3.8) is 0 Å². The van der Waals surface area contributed by atoms with E-state index in [1.807, 2.05) is 35.9 Å². The van der Waals surface area contributed by atoms with Crippen LogP contribution in [0.25, 0.3) is 5.69 Å². The van der Waals surface area contributed by atoms with Gasteiger partial charge in [-0.25, -0.2) is 4.98 Å². The molecule has 0 fully saturated rings. The Labute approximate surface area is 106 Å². The lowest BCUT2D eigenvalue weighted by atomic mass is 10.2. The molecule has 0 saturated heterocycles. The number of nitrogens with zero attached hydrogens (tertiary/aromatic N) is 2. The van der Waals surface area contributed by atoms with Crippen LogP contribution in [0.2, 0.25) is 5.02 Å². The van der Waals surface area contributed by atoms with Gasteiger partial charge in [-0.05, 0) is 31.0 Å². The molecule has 3 nitrogen and oxygen atoms in total. The molecular formula is C13H16ClN3. The topological polar surface area (TPSA) is 29.9 Å². The van der Waals surface area contributed by atoms with Gasteiger partial charge in [0.15, 0.2) is 0 Å². The predicted molar refractivity (Wildman–Crippen MR) is 72.1 cm³/mol. The second-order valence-corrected chi connectivity index (χ2v) is 4.41. The summed E-state index contributed by atoms with van der Waals surface area (Å²) < 4.78 is 1.97. The van der Waals surface area contributed by atoms with Crippen molar-refractivity contribution >= 4 is 17.5 Å². The molecule has 0 atom stereocenters. The molecule has 0 aliphatic carbocycles. The summed E-state index contributed by atoms with van der Waals surface area (Å²) in [6.45, 7) is 5.06. The molecule has 0 aliphatic heterocycles. The number of rotatable bonds is 4. The van der Waals surface area contributed by atoms with E-state index in [0.29, 0.717) is 0 Å². The summed E-state index contributed by atoms with van der Waals surface area (Å²) in [5.41, 5.74) is 2.11. The highest BCUT2D eigenvalue weighted by molar-refractivity contribution is 6.32. The molecule has 17 heavy (non-hydrogen) atoms. The molecular weight excluding hydrogens is 234 g/mol. The van der Waals surface area contributed by atoms with Crippen LogP contribution in [-0.2, 0) is 0 Å². The maximum Gasteiger partial charge on any atom is 0.207 e. The third-order valence-corrected chi connectivity index (χ3v) is 2.84. The maximum absolute atomic E-state index is 6.25. The predicted octanol–water partition coefficient (Wildman–Crippen LogP) is 3.66. The number of hydrogen-bond acceptors (Lipinski definition) is 2. The minimum absolute atomic E-state index is 0.738. The zero-order valence-corrected chi connectivity index (χ0v) is 10.8. The first-order valence-corrected chi connectivity index (χ1v) is 6.14. The number of aryl methyl sites for hydroxylation is 1. The molecule has 1 heterocycles. The minimum atomic E-state index is 0.738. The first kappa shape index (κ1) is 12.0. The summed E-state index contributed by atoms with van der Waals surface area (Å²) in [6, 6.07) is 6.02. The van der Waals surface area contributed by atoms with Crippen LogP contribution in [0.5, 0.6) is 0 Å². The van der Waals surface area contributed by atoms with Crippen LogP contribution < -0.4 is 5.32 Å². The SMILES string of the molecule is CCCNc1nccn1-c1ccc(C)cc1Cl. The Hall–Kier alpha value is -1.48. The van der Waals surface area contributed by atoms with Gasteiger partial charge in [-0.2, -0.15) is 0 Å². The van der Waals surface area contributed by atoms with Crippen molar-refractivity contribution in [3.05, 3.63) is 41.2 Å². The van der Waals surface area contributed by atoms with E-state index in [1.165, 1.54) is 0 Å². The molecule has 0 amide bonds. The normalized spacial score (nSPS) is 10.5. The molecule has 0 bridgehead atoms. The van der Waals surface area contributed by atoms with E-state index < -0.39 is 0 Å². The number of aromatic nitrogens is 2. The fourth-order valence-electron chi connectivity index (χ4n) is 1.67. The summed E-state index contributed by atoms with van der Waals surface area (Å²) >= 11 is 6.25. The van der Waals surface area contributed by atoms with Gasteiger partial charge in [-0.1, -0.05) is 24.6 Å². The van der Waals surface area contributed by atoms with Crippen LogP contribution >= 0.6 is 11.6 Å². The van der Waals surface area contributed by atoms with Gasteiger partial charge in [0.25, 0.3) is 0 Å². The van der Waals surface area contributed by atoms with E-state index in [2.05, 4.69) is 17.2 Å². The van der Waals surface area contributed by atoms with Crippen molar-refractivity contribution in [2.45, 2.75) is 20.3 Å². The molecule has 2 aromatic rings. The van der Waals surface area contributed by atoms with E-state index in [0.717, 1.165) is 35.2 Å². The maximum atomic E-state index is 6.25. The van der Waals surface area contributed by atoms with E-state index in [-0.39, 0.29) is 0 Å². The number of hydrogen-bond donors (Lipinski definition) is 1. The highest BCUT2D eigenvalue weighted by atomic mass is 35.5. The molecule has 0 saturated carbocycles. The van der Waals surface area contributed by atoms with Crippen LogP contribution in [0, 0.1) is 6.92 Å². The monoisotopic (exact) mass is 249 g/mol. The molecule has 90 valence electrons. The minimum Gasteiger partial charge on any atom is -0.355 e. The smallest absolute Gasteiger partial charge is 0.207 e. The van der Waals surface area contributed by atoms with Crippen molar-refractivity contribution in [1.29, 1.82) is 0 Å². The summed E-state index contributed by atoms with van der Waals surface area (Å²) in [7, 11) is 0. The highest BCUT2D eigenvalue weighted by Crippen LogP contribution is 2.24. The van der Waals surface area contributed by atoms with Gasteiger partial charge < -0.3 is 5.32 Å². The average molecular weight is 250 g/mol. The number of benzene rings is 1. The van der Waals surface area contributed by atoms with Crippen molar-refractivity contribution in [2.24, 2.45) is 0 Å². The van der Waals surface area contributed by atoms with Crippen molar-refractivity contribution in [3.8, 4) is 5.69 Å². The highest BCUT2D eigenvalue weighted by Gasteiger charge is 2.07. The van der Waals surface area contributed by atoms with Gasteiger partial charge >= 0.3 is 0 Å². The number of halogens is 1. The lowest BCUT2D eigenvalue weighted by Crippen LogP contribution is -2.07.